The highest BCUT2D eigenvalue weighted by Crippen LogP contribution is 2.29. The highest BCUT2D eigenvalue weighted by atomic mass is 32.2. The van der Waals surface area contributed by atoms with E-state index in [1.807, 2.05) is 0 Å². The number of carbonyl (C=O) groups excluding carboxylic acids is 2. The molecule has 0 saturated carbocycles. The van der Waals surface area contributed by atoms with Gasteiger partial charge in [-0.1, -0.05) is 24.3 Å². The van der Waals surface area contributed by atoms with Gasteiger partial charge in [0.15, 0.2) is 6.61 Å². The number of sulfonamides is 1. The van der Waals surface area contributed by atoms with E-state index in [9.17, 15) is 18.0 Å². The average Bonchev–Trinajstić information content (AvgIpc) is 2.88. The Kier molecular flexibility index (Phi) is 8.32. The van der Waals surface area contributed by atoms with Gasteiger partial charge in [-0.15, -0.1) is 0 Å². The zero-order valence-electron chi connectivity index (χ0n) is 19.6. The molecule has 0 atom stereocenters. The number of nitrogens with zero attached hydrogens (tertiary/aromatic N) is 1. The minimum Gasteiger partial charge on any atom is -0.497 e. The molecule has 35 heavy (non-hydrogen) atoms. The van der Waals surface area contributed by atoms with E-state index < -0.39 is 28.5 Å². The van der Waals surface area contributed by atoms with Gasteiger partial charge >= 0.3 is 5.97 Å². The first-order chi connectivity index (χ1) is 16.8. The molecule has 0 aliphatic rings. The Bertz CT molecular complexity index is 1290. The lowest BCUT2D eigenvalue weighted by Gasteiger charge is -2.23. The van der Waals surface area contributed by atoms with E-state index in [4.69, 9.17) is 14.2 Å². The third kappa shape index (κ3) is 6.10. The lowest BCUT2D eigenvalue weighted by Crippen LogP contribution is -2.30. The molecule has 0 bridgehead atoms. The van der Waals surface area contributed by atoms with Gasteiger partial charge in [0.25, 0.3) is 15.9 Å². The van der Waals surface area contributed by atoms with Crippen LogP contribution in [0, 0.1) is 0 Å². The molecule has 0 heterocycles. The molecular formula is C25H26N2O7S. The zero-order valence-corrected chi connectivity index (χ0v) is 20.4. The van der Waals surface area contributed by atoms with Gasteiger partial charge in [0.2, 0.25) is 0 Å². The van der Waals surface area contributed by atoms with Crippen LogP contribution in [0.3, 0.4) is 0 Å². The van der Waals surface area contributed by atoms with E-state index in [0.29, 0.717) is 22.9 Å². The number of esters is 1. The van der Waals surface area contributed by atoms with E-state index in [0.717, 1.165) is 0 Å². The number of ether oxygens (including phenoxy) is 3. The van der Waals surface area contributed by atoms with E-state index in [1.54, 1.807) is 55.5 Å². The van der Waals surface area contributed by atoms with Crippen molar-refractivity contribution >= 4 is 33.3 Å². The number of hydrogen-bond acceptors (Lipinski definition) is 7. The molecule has 9 nitrogen and oxygen atoms in total. The van der Waals surface area contributed by atoms with Gasteiger partial charge in [0, 0.05) is 12.6 Å². The monoisotopic (exact) mass is 498 g/mol. The van der Waals surface area contributed by atoms with Crippen molar-refractivity contribution in [1.82, 2.24) is 0 Å². The fourth-order valence-corrected chi connectivity index (χ4v) is 4.83. The maximum atomic E-state index is 13.2. The summed E-state index contributed by atoms with van der Waals surface area (Å²) in [6, 6.07) is 19.0. The Labute approximate surface area is 204 Å². The Balaban J connectivity index is 1.71. The fourth-order valence-electron chi connectivity index (χ4n) is 3.31. The van der Waals surface area contributed by atoms with Gasteiger partial charge in [-0.05, 0) is 49.4 Å². The summed E-state index contributed by atoms with van der Waals surface area (Å²) in [5.41, 5.74) is 0.858. The summed E-state index contributed by atoms with van der Waals surface area (Å²) in [4.78, 5) is 24.8. The fraction of sp³-hybridized carbons (Fsp3) is 0.200. The van der Waals surface area contributed by atoms with Crippen LogP contribution in [0.4, 0.5) is 11.4 Å². The second-order valence-corrected chi connectivity index (χ2v) is 9.09. The van der Waals surface area contributed by atoms with Crippen molar-refractivity contribution in [2.24, 2.45) is 0 Å². The summed E-state index contributed by atoms with van der Waals surface area (Å²) in [7, 11) is -0.982. The van der Waals surface area contributed by atoms with Crippen molar-refractivity contribution in [3.63, 3.8) is 0 Å². The van der Waals surface area contributed by atoms with Gasteiger partial charge in [0.05, 0.1) is 36.1 Å². The van der Waals surface area contributed by atoms with Crippen molar-refractivity contribution in [2.45, 2.75) is 11.8 Å². The average molecular weight is 499 g/mol. The molecule has 0 aromatic heterocycles. The lowest BCUT2D eigenvalue weighted by molar-refractivity contribution is -0.119. The first-order valence-electron chi connectivity index (χ1n) is 10.7. The second-order valence-electron chi connectivity index (χ2n) is 7.22. The van der Waals surface area contributed by atoms with Crippen molar-refractivity contribution in [1.29, 1.82) is 0 Å². The summed E-state index contributed by atoms with van der Waals surface area (Å²) in [5, 5.41) is 2.60. The Morgan fingerprint density at radius 1 is 0.914 bits per heavy atom. The van der Waals surface area contributed by atoms with Gasteiger partial charge < -0.3 is 19.5 Å². The van der Waals surface area contributed by atoms with Crippen LogP contribution in [-0.4, -0.2) is 47.7 Å². The normalized spacial score (nSPS) is 10.8. The molecule has 10 heteroatoms. The number of methoxy groups -OCH3 is 2. The minimum absolute atomic E-state index is 0.00181. The number of para-hydroxylation sites is 1. The molecule has 0 aliphatic heterocycles. The predicted octanol–water partition coefficient (Wildman–Crippen LogP) is 3.71. The smallest absolute Gasteiger partial charge is 0.338 e. The molecule has 3 rings (SSSR count). The quantitative estimate of drug-likeness (QED) is 0.424. The number of anilines is 2. The van der Waals surface area contributed by atoms with Gasteiger partial charge in [-0.3, -0.25) is 9.10 Å². The second kappa shape index (κ2) is 11.4. The maximum absolute atomic E-state index is 13.2. The first kappa shape index (κ1) is 25.6. The number of rotatable bonds is 10. The Morgan fingerprint density at radius 2 is 1.66 bits per heavy atom. The van der Waals surface area contributed by atoms with Crippen molar-refractivity contribution < 1.29 is 32.2 Å². The highest BCUT2D eigenvalue weighted by molar-refractivity contribution is 7.92. The van der Waals surface area contributed by atoms with Crippen molar-refractivity contribution in [3.05, 3.63) is 78.4 Å². The molecule has 0 spiro atoms. The van der Waals surface area contributed by atoms with Crippen LogP contribution in [0.2, 0.25) is 0 Å². The molecule has 0 radical (unpaired) electrons. The highest BCUT2D eigenvalue weighted by Gasteiger charge is 2.25. The summed E-state index contributed by atoms with van der Waals surface area (Å²) >= 11 is 0. The van der Waals surface area contributed by atoms with E-state index in [-0.39, 0.29) is 17.0 Å². The number of carbonyl (C=O) groups is 2. The molecule has 0 saturated heterocycles. The molecule has 1 N–H and O–H groups in total. The van der Waals surface area contributed by atoms with Crippen LogP contribution < -0.4 is 19.1 Å². The van der Waals surface area contributed by atoms with Crippen molar-refractivity contribution in [2.75, 3.05) is 37.0 Å². The van der Waals surface area contributed by atoms with Crippen LogP contribution in [0.25, 0.3) is 0 Å². The summed E-state index contributed by atoms with van der Waals surface area (Å²) in [6.07, 6.45) is 0. The molecule has 184 valence electrons. The standard InChI is InChI=1S/C25H26N2O7S/c1-4-27(19-10-6-5-7-11-19)35(30,31)21-12-8-9-18(15-21)25(29)34-17-24(28)26-22-16-20(32-2)13-14-23(22)33-3/h5-16H,4,17H2,1-3H3,(H,26,28). The molecule has 1 amide bonds. The molecule has 0 aliphatic carbocycles. The Morgan fingerprint density at radius 3 is 2.31 bits per heavy atom. The Hall–Kier alpha value is -4.05. The topological polar surface area (TPSA) is 111 Å². The SMILES string of the molecule is CCN(c1ccccc1)S(=O)(=O)c1cccc(C(=O)OCC(=O)Nc2cc(OC)ccc2OC)c1. The number of amides is 1. The summed E-state index contributed by atoms with van der Waals surface area (Å²) < 4.78 is 43.1. The first-order valence-corrected chi connectivity index (χ1v) is 12.1. The summed E-state index contributed by atoms with van der Waals surface area (Å²) in [6.45, 7) is 1.34. The number of nitrogens with one attached hydrogen (secondary N) is 1. The van der Waals surface area contributed by atoms with E-state index in [2.05, 4.69) is 5.32 Å². The van der Waals surface area contributed by atoms with Crippen LogP contribution in [0.5, 0.6) is 11.5 Å². The third-order valence-electron chi connectivity index (χ3n) is 5.00. The number of hydrogen-bond donors (Lipinski definition) is 1. The molecule has 0 unspecified atom stereocenters. The van der Waals surface area contributed by atoms with Gasteiger partial charge in [-0.2, -0.15) is 0 Å². The largest absolute Gasteiger partial charge is 0.497 e. The number of benzene rings is 3. The predicted molar refractivity (Wildman–Crippen MR) is 132 cm³/mol. The molecule has 3 aromatic carbocycles. The van der Waals surface area contributed by atoms with Crippen LogP contribution in [0.1, 0.15) is 17.3 Å². The van der Waals surface area contributed by atoms with Gasteiger partial charge in [0.1, 0.15) is 11.5 Å². The summed E-state index contributed by atoms with van der Waals surface area (Å²) in [5.74, 6) is -0.525. The van der Waals surface area contributed by atoms with Crippen LogP contribution in [-0.2, 0) is 19.6 Å². The van der Waals surface area contributed by atoms with E-state index >= 15 is 0 Å². The van der Waals surface area contributed by atoms with Gasteiger partial charge in [-0.25, -0.2) is 13.2 Å². The third-order valence-corrected chi connectivity index (χ3v) is 6.90. The lowest BCUT2D eigenvalue weighted by atomic mass is 10.2. The van der Waals surface area contributed by atoms with Crippen molar-refractivity contribution in [3.8, 4) is 11.5 Å². The van der Waals surface area contributed by atoms with E-state index in [1.165, 1.54) is 42.8 Å². The minimum atomic E-state index is -3.93. The van der Waals surface area contributed by atoms with Crippen LogP contribution in [0.15, 0.2) is 77.7 Å². The molecule has 0 fully saturated rings. The van der Waals surface area contributed by atoms with Crippen LogP contribution >= 0.6 is 0 Å². The molecular weight excluding hydrogens is 472 g/mol. The zero-order chi connectivity index (χ0) is 25.4. The maximum Gasteiger partial charge on any atom is 0.338 e. The molecule has 3 aromatic rings.